The summed E-state index contributed by atoms with van der Waals surface area (Å²) < 4.78 is 10.9. The Morgan fingerprint density at radius 2 is 2.05 bits per heavy atom. The molecule has 5 heteroatoms. The van der Waals surface area contributed by atoms with Crippen LogP contribution >= 0.6 is 0 Å². The summed E-state index contributed by atoms with van der Waals surface area (Å²) in [5, 5.41) is 2.83. The van der Waals surface area contributed by atoms with Crippen LogP contribution in [0.2, 0.25) is 0 Å². The molecule has 22 heavy (non-hydrogen) atoms. The zero-order valence-corrected chi connectivity index (χ0v) is 13.0. The zero-order valence-electron chi connectivity index (χ0n) is 13.0. The van der Waals surface area contributed by atoms with Crippen LogP contribution in [0.15, 0.2) is 42.6 Å². The summed E-state index contributed by atoms with van der Waals surface area (Å²) in [5.41, 5.74) is 1.33. The van der Waals surface area contributed by atoms with Crippen molar-refractivity contribution >= 4 is 5.91 Å². The third kappa shape index (κ3) is 4.22. The summed E-state index contributed by atoms with van der Waals surface area (Å²) in [4.78, 5) is 16.3. The molecule has 0 saturated heterocycles. The molecule has 1 heterocycles. The SMILES string of the molecule is COc1cc(C(=O)NCc2ccccn2)ccc1OC(C)C. The number of rotatable bonds is 6. The number of hydrogen-bond acceptors (Lipinski definition) is 4. The van der Waals surface area contributed by atoms with Crippen LogP contribution in [-0.4, -0.2) is 24.1 Å². The smallest absolute Gasteiger partial charge is 0.251 e. The predicted molar refractivity (Wildman–Crippen MR) is 84.2 cm³/mol. The van der Waals surface area contributed by atoms with E-state index in [1.54, 1.807) is 31.5 Å². The van der Waals surface area contributed by atoms with E-state index in [9.17, 15) is 4.79 Å². The van der Waals surface area contributed by atoms with Gasteiger partial charge in [-0.05, 0) is 44.2 Å². The molecule has 0 unspecified atom stereocenters. The van der Waals surface area contributed by atoms with Gasteiger partial charge in [-0.1, -0.05) is 6.07 Å². The molecule has 0 aliphatic carbocycles. The van der Waals surface area contributed by atoms with Crippen LogP contribution in [-0.2, 0) is 6.54 Å². The van der Waals surface area contributed by atoms with Gasteiger partial charge >= 0.3 is 0 Å². The maximum atomic E-state index is 12.2. The molecule has 2 rings (SSSR count). The van der Waals surface area contributed by atoms with E-state index >= 15 is 0 Å². The first kappa shape index (κ1) is 15.8. The van der Waals surface area contributed by atoms with Gasteiger partial charge in [0.2, 0.25) is 0 Å². The summed E-state index contributed by atoms with van der Waals surface area (Å²) in [7, 11) is 1.55. The van der Waals surface area contributed by atoms with E-state index in [-0.39, 0.29) is 12.0 Å². The first-order valence-corrected chi connectivity index (χ1v) is 7.13. The summed E-state index contributed by atoms with van der Waals surface area (Å²) in [6.07, 6.45) is 1.74. The minimum atomic E-state index is -0.181. The predicted octanol–water partition coefficient (Wildman–Crippen LogP) is 2.81. The van der Waals surface area contributed by atoms with Crippen LogP contribution in [0.4, 0.5) is 0 Å². The molecule has 2 aromatic rings. The molecule has 1 aromatic heterocycles. The van der Waals surface area contributed by atoms with E-state index in [0.29, 0.717) is 23.6 Å². The fourth-order valence-electron chi connectivity index (χ4n) is 1.94. The van der Waals surface area contributed by atoms with Crippen molar-refractivity contribution in [2.75, 3.05) is 7.11 Å². The number of hydrogen-bond donors (Lipinski definition) is 1. The van der Waals surface area contributed by atoms with Gasteiger partial charge in [-0.25, -0.2) is 0 Å². The molecule has 0 saturated carbocycles. The number of aromatic nitrogens is 1. The topological polar surface area (TPSA) is 60.5 Å². The van der Waals surface area contributed by atoms with Crippen molar-refractivity contribution in [3.8, 4) is 11.5 Å². The second-order valence-electron chi connectivity index (χ2n) is 5.04. The van der Waals surface area contributed by atoms with Crippen molar-refractivity contribution < 1.29 is 14.3 Å². The third-order valence-corrected chi connectivity index (χ3v) is 2.94. The van der Waals surface area contributed by atoms with E-state index < -0.39 is 0 Å². The van der Waals surface area contributed by atoms with Crippen LogP contribution in [0.25, 0.3) is 0 Å². The molecular formula is C17H20N2O3. The van der Waals surface area contributed by atoms with Crippen LogP contribution < -0.4 is 14.8 Å². The first-order valence-electron chi connectivity index (χ1n) is 7.13. The number of methoxy groups -OCH3 is 1. The van der Waals surface area contributed by atoms with Crippen molar-refractivity contribution in [2.45, 2.75) is 26.5 Å². The summed E-state index contributed by atoms with van der Waals surface area (Å²) in [6.45, 7) is 4.26. The molecule has 0 atom stereocenters. The van der Waals surface area contributed by atoms with Gasteiger partial charge in [0.1, 0.15) is 0 Å². The molecule has 0 bridgehead atoms. The van der Waals surface area contributed by atoms with Gasteiger partial charge in [0.15, 0.2) is 11.5 Å². The van der Waals surface area contributed by atoms with Gasteiger partial charge in [0.05, 0.1) is 25.5 Å². The Morgan fingerprint density at radius 3 is 2.68 bits per heavy atom. The lowest BCUT2D eigenvalue weighted by atomic mass is 10.2. The van der Waals surface area contributed by atoms with Gasteiger partial charge in [-0.2, -0.15) is 0 Å². The fraction of sp³-hybridized carbons (Fsp3) is 0.294. The number of amides is 1. The Labute approximate surface area is 130 Å². The maximum Gasteiger partial charge on any atom is 0.251 e. The highest BCUT2D eigenvalue weighted by atomic mass is 16.5. The van der Waals surface area contributed by atoms with E-state index in [4.69, 9.17) is 9.47 Å². The van der Waals surface area contributed by atoms with Crippen LogP contribution in [0.3, 0.4) is 0 Å². The van der Waals surface area contributed by atoms with Crippen molar-refractivity contribution in [1.82, 2.24) is 10.3 Å². The lowest BCUT2D eigenvalue weighted by Crippen LogP contribution is -2.23. The zero-order chi connectivity index (χ0) is 15.9. The molecule has 1 N–H and O–H groups in total. The Kier molecular flexibility index (Phi) is 5.36. The van der Waals surface area contributed by atoms with Gasteiger partial charge in [-0.3, -0.25) is 9.78 Å². The maximum absolute atomic E-state index is 12.2. The van der Waals surface area contributed by atoms with Gasteiger partial charge in [-0.15, -0.1) is 0 Å². The molecule has 0 fully saturated rings. The van der Waals surface area contributed by atoms with Crippen LogP contribution in [0.5, 0.6) is 11.5 Å². The number of carbonyl (C=O) groups is 1. The quantitative estimate of drug-likeness (QED) is 0.891. The highest BCUT2D eigenvalue weighted by Gasteiger charge is 2.12. The monoisotopic (exact) mass is 300 g/mol. The minimum absolute atomic E-state index is 0.0396. The Morgan fingerprint density at radius 1 is 1.23 bits per heavy atom. The van der Waals surface area contributed by atoms with Crippen LogP contribution in [0.1, 0.15) is 29.9 Å². The van der Waals surface area contributed by atoms with Crippen molar-refractivity contribution in [3.63, 3.8) is 0 Å². The molecule has 1 amide bonds. The van der Waals surface area contributed by atoms with Gasteiger partial charge in [0, 0.05) is 11.8 Å². The third-order valence-electron chi connectivity index (χ3n) is 2.94. The average Bonchev–Trinajstić information content (AvgIpc) is 2.53. The van der Waals surface area contributed by atoms with Crippen molar-refractivity contribution in [2.24, 2.45) is 0 Å². The number of benzene rings is 1. The molecular weight excluding hydrogens is 280 g/mol. The van der Waals surface area contributed by atoms with E-state index in [2.05, 4.69) is 10.3 Å². The number of nitrogens with zero attached hydrogens (tertiary/aromatic N) is 1. The largest absolute Gasteiger partial charge is 0.493 e. The van der Waals surface area contributed by atoms with Gasteiger partial charge < -0.3 is 14.8 Å². The van der Waals surface area contributed by atoms with E-state index in [1.807, 2.05) is 32.0 Å². The average molecular weight is 300 g/mol. The Bertz CT molecular complexity index is 627. The Balaban J connectivity index is 2.06. The minimum Gasteiger partial charge on any atom is -0.493 e. The van der Waals surface area contributed by atoms with E-state index in [0.717, 1.165) is 5.69 Å². The van der Waals surface area contributed by atoms with Crippen molar-refractivity contribution in [3.05, 3.63) is 53.9 Å². The highest BCUT2D eigenvalue weighted by molar-refractivity contribution is 5.94. The number of carbonyl (C=O) groups excluding carboxylic acids is 1. The number of pyridine rings is 1. The molecule has 0 aliphatic rings. The summed E-state index contributed by atoms with van der Waals surface area (Å²) in [5.74, 6) is 0.984. The number of ether oxygens (including phenoxy) is 2. The molecule has 5 nitrogen and oxygen atoms in total. The summed E-state index contributed by atoms with van der Waals surface area (Å²) >= 11 is 0. The first-order chi connectivity index (χ1) is 10.6. The fourth-order valence-corrected chi connectivity index (χ4v) is 1.94. The van der Waals surface area contributed by atoms with Crippen LogP contribution in [0, 0.1) is 0 Å². The Hall–Kier alpha value is -2.56. The lowest BCUT2D eigenvalue weighted by molar-refractivity contribution is 0.0950. The second-order valence-corrected chi connectivity index (χ2v) is 5.04. The highest BCUT2D eigenvalue weighted by Crippen LogP contribution is 2.28. The molecule has 0 spiro atoms. The van der Waals surface area contributed by atoms with Crippen molar-refractivity contribution in [1.29, 1.82) is 0 Å². The molecule has 116 valence electrons. The number of nitrogens with one attached hydrogen (secondary N) is 1. The molecule has 0 radical (unpaired) electrons. The lowest BCUT2D eigenvalue weighted by Gasteiger charge is -2.14. The second kappa shape index (κ2) is 7.45. The van der Waals surface area contributed by atoms with E-state index in [1.165, 1.54) is 0 Å². The molecule has 1 aromatic carbocycles. The normalized spacial score (nSPS) is 10.4. The summed E-state index contributed by atoms with van der Waals surface area (Å²) in [6, 6.07) is 10.7. The molecule has 0 aliphatic heterocycles. The standard InChI is InChI=1S/C17H20N2O3/c1-12(2)22-15-8-7-13(10-16(15)21-3)17(20)19-11-14-6-4-5-9-18-14/h4-10,12H,11H2,1-3H3,(H,19,20). The van der Waals surface area contributed by atoms with Gasteiger partial charge in [0.25, 0.3) is 5.91 Å².